The molecule has 1 aliphatic carbocycles. The van der Waals surface area contributed by atoms with E-state index in [1.54, 1.807) is 18.2 Å². The predicted molar refractivity (Wildman–Crippen MR) is 84.9 cm³/mol. The van der Waals surface area contributed by atoms with Crippen molar-refractivity contribution in [2.75, 3.05) is 13.7 Å². The first-order chi connectivity index (χ1) is 10.2. The number of ether oxygens (including phenoxy) is 1. The molecule has 3 N–H and O–H groups in total. The Bertz CT molecular complexity index is 487. The molecule has 1 fully saturated rings. The van der Waals surface area contributed by atoms with E-state index in [0.29, 0.717) is 28.8 Å². The van der Waals surface area contributed by atoms with Crippen LogP contribution in [0, 0.1) is 5.92 Å². The van der Waals surface area contributed by atoms with Gasteiger partial charge in [-0.15, -0.1) is 0 Å². The van der Waals surface area contributed by atoms with Crippen molar-refractivity contribution in [3.8, 4) is 5.75 Å². The fourth-order valence-electron chi connectivity index (χ4n) is 3.00. The molecule has 0 aromatic heterocycles. The van der Waals surface area contributed by atoms with E-state index in [2.05, 4.69) is 5.32 Å². The molecule has 0 spiro atoms. The smallest absolute Gasteiger partial charge is 0.255 e. The van der Waals surface area contributed by atoms with Crippen LogP contribution in [0.3, 0.4) is 0 Å². The molecule has 1 aliphatic rings. The molecule has 4 nitrogen and oxygen atoms in total. The normalized spacial score (nSPS) is 17.3. The molecule has 1 unspecified atom stereocenters. The number of carbonyl (C=O) groups is 1. The summed E-state index contributed by atoms with van der Waals surface area (Å²) < 4.78 is 5.23. The monoisotopic (exact) mass is 310 g/mol. The molecule has 1 aromatic carbocycles. The van der Waals surface area contributed by atoms with E-state index < -0.39 is 0 Å². The van der Waals surface area contributed by atoms with Gasteiger partial charge in [-0.25, -0.2) is 0 Å². The van der Waals surface area contributed by atoms with Crippen LogP contribution in [0.2, 0.25) is 5.02 Å². The van der Waals surface area contributed by atoms with Crippen molar-refractivity contribution in [3.05, 3.63) is 28.8 Å². The zero-order valence-corrected chi connectivity index (χ0v) is 13.2. The summed E-state index contributed by atoms with van der Waals surface area (Å²) in [5.41, 5.74) is 6.35. The van der Waals surface area contributed by atoms with Gasteiger partial charge in [0.05, 0.1) is 12.7 Å². The standard InChI is InChI=1S/C16H23ClN2O2/c1-21-15-9-12(17)7-8-13(15)16(20)19-14(10-18)11-5-3-2-4-6-11/h7-9,11,14H,2-6,10,18H2,1H3,(H,19,20). The molecule has 0 saturated heterocycles. The number of nitrogens with two attached hydrogens (primary N) is 1. The van der Waals surface area contributed by atoms with Gasteiger partial charge in [-0.2, -0.15) is 0 Å². The highest BCUT2D eigenvalue weighted by atomic mass is 35.5. The number of nitrogens with one attached hydrogen (secondary N) is 1. The van der Waals surface area contributed by atoms with Gasteiger partial charge in [0.2, 0.25) is 0 Å². The number of halogens is 1. The van der Waals surface area contributed by atoms with Crippen LogP contribution >= 0.6 is 11.6 Å². The Morgan fingerprint density at radius 1 is 1.43 bits per heavy atom. The molecule has 116 valence electrons. The second-order valence-electron chi connectivity index (χ2n) is 5.56. The van der Waals surface area contributed by atoms with E-state index in [0.717, 1.165) is 12.8 Å². The lowest BCUT2D eigenvalue weighted by molar-refractivity contribution is 0.0912. The van der Waals surface area contributed by atoms with Gasteiger partial charge >= 0.3 is 0 Å². The Morgan fingerprint density at radius 3 is 2.76 bits per heavy atom. The van der Waals surface area contributed by atoms with Crippen molar-refractivity contribution >= 4 is 17.5 Å². The summed E-state index contributed by atoms with van der Waals surface area (Å²) in [6.45, 7) is 0.465. The number of carbonyl (C=O) groups excluding carboxylic acids is 1. The summed E-state index contributed by atoms with van der Waals surface area (Å²) in [6, 6.07) is 5.05. The lowest BCUT2D eigenvalue weighted by Crippen LogP contribution is -2.46. The first kappa shape index (κ1) is 16.1. The highest BCUT2D eigenvalue weighted by Crippen LogP contribution is 2.27. The van der Waals surface area contributed by atoms with Crippen LogP contribution in [0.25, 0.3) is 0 Å². The molecule has 2 rings (SSSR count). The third-order valence-electron chi connectivity index (χ3n) is 4.20. The summed E-state index contributed by atoms with van der Waals surface area (Å²) in [5.74, 6) is 0.815. The van der Waals surface area contributed by atoms with Gasteiger partial charge in [0, 0.05) is 17.6 Å². The summed E-state index contributed by atoms with van der Waals surface area (Å²) in [4.78, 5) is 12.5. The van der Waals surface area contributed by atoms with Crippen LogP contribution in [-0.2, 0) is 0 Å². The Hall–Kier alpha value is -1.26. The lowest BCUT2D eigenvalue weighted by atomic mass is 9.84. The van der Waals surface area contributed by atoms with Crippen molar-refractivity contribution in [1.82, 2.24) is 5.32 Å². The van der Waals surface area contributed by atoms with E-state index in [1.807, 2.05) is 0 Å². The van der Waals surface area contributed by atoms with E-state index >= 15 is 0 Å². The number of benzene rings is 1. The van der Waals surface area contributed by atoms with E-state index in [-0.39, 0.29) is 11.9 Å². The van der Waals surface area contributed by atoms with Crippen molar-refractivity contribution in [3.63, 3.8) is 0 Å². The number of methoxy groups -OCH3 is 1. The van der Waals surface area contributed by atoms with Crippen LogP contribution in [0.15, 0.2) is 18.2 Å². The van der Waals surface area contributed by atoms with Gasteiger partial charge in [-0.1, -0.05) is 30.9 Å². The Labute approximate surface area is 131 Å². The number of hydrogen-bond donors (Lipinski definition) is 2. The second kappa shape index (κ2) is 7.66. The van der Waals surface area contributed by atoms with E-state index in [4.69, 9.17) is 22.1 Å². The molecular formula is C16H23ClN2O2. The highest BCUT2D eigenvalue weighted by Gasteiger charge is 2.25. The maximum Gasteiger partial charge on any atom is 0.255 e. The third-order valence-corrected chi connectivity index (χ3v) is 4.43. The molecule has 1 amide bonds. The Kier molecular flexibility index (Phi) is 5.88. The van der Waals surface area contributed by atoms with Crippen LogP contribution in [0.4, 0.5) is 0 Å². The Morgan fingerprint density at radius 2 is 2.14 bits per heavy atom. The second-order valence-corrected chi connectivity index (χ2v) is 5.99. The molecule has 0 bridgehead atoms. The van der Waals surface area contributed by atoms with Gasteiger partial charge in [-0.05, 0) is 37.0 Å². The molecule has 0 aliphatic heterocycles. The van der Waals surface area contributed by atoms with Gasteiger partial charge in [0.1, 0.15) is 5.75 Å². The zero-order valence-electron chi connectivity index (χ0n) is 12.4. The average Bonchev–Trinajstić information content (AvgIpc) is 2.53. The molecule has 0 radical (unpaired) electrons. The molecule has 1 aromatic rings. The average molecular weight is 311 g/mol. The van der Waals surface area contributed by atoms with Crippen LogP contribution in [-0.4, -0.2) is 25.6 Å². The van der Waals surface area contributed by atoms with Gasteiger partial charge in [0.15, 0.2) is 0 Å². The summed E-state index contributed by atoms with van der Waals surface area (Å²) >= 11 is 5.92. The van der Waals surface area contributed by atoms with Gasteiger partial charge in [-0.3, -0.25) is 4.79 Å². The first-order valence-electron chi connectivity index (χ1n) is 7.50. The topological polar surface area (TPSA) is 64.3 Å². The zero-order chi connectivity index (χ0) is 15.2. The molecule has 1 saturated carbocycles. The third kappa shape index (κ3) is 4.11. The summed E-state index contributed by atoms with van der Waals surface area (Å²) in [5, 5.41) is 3.61. The fraction of sp³-hybridized carbons (Fsp3) is 0.562. The van der Waals surface area contributed by atoms with Crippen LogP contribution < -0.4 is 15.8 Å². The fourth-order valence-corrected chi connectivity index (χ4v) is 3.17. The van der Waals surface area contributed by atoms with E-state index in [9.17, 15) is 4.79 Å². The van der Waals surface area contributed by atoms with Crippen LogP contribution in [0.5, 0.6) is 5.75 Å². The number of amides is 1. The largest absolute Gasteiger partial charge is 0.496 e. The lowest BCUT2D eigenvalue weighted by Gasteiger charge is -2.30. The van der Waals surface area contributed by atoms with Gasteiger partial charge < -0.3 is 15.8 Å². The maximum absolute atomic E-state index is 12.5. The molecule has 1 atom stereocenters. The van der Waals surface area contributed by atoms with Gasteiger partial charge in [0.25, 0.3) is 5.91 Å². The predicted octanol–water partition coefficient (Wildman–Crippen LogP) is 2.99. The molecule has 5 heteroatoms. The molecule has 21 heavy (non-hydrogen) atoms. The highest BCUT2D eigenvalue weighted by molar-refractivity contribution is 6.30. The summed E-state index contributed by atoms with van der Waals surface area (Å²) in [7, 11) is 1.53. The molecule has 0 heterocycles. The van der Waals surface area contributed by atoms with Crippen LogP contribution in [0.1, 0.15) is 42.5 Å². The minimum Gasteiger partial charge on any atom is -0.496 e. The quantitative estimate of drug-likeness (QED) is 0.878. The number of hydrogen-bond acceptors (Lipinski definition) is 3. The van der Waals surface area contributed by atoms with Crippen molar-refractivity contribution in [2.24, 2.45) is 11.7 Å². The maximum atomic E-state index is 12.5. The number of rotatable bonds is 5. The minimum absolute atomic E-state index is 0.0261. The first-order valence-corrected chi connectivity index (χ1v) is 7.88. The molecular weight excluding hydrogens is 288 g/mol. The Balaban J connectivity index is 2.08. The SMILES string of the molecule is COc1cc(Cl)ccc1C(=O)NC(CN)C1CCCCC1. The summed E-state index contributed by atoms with van der Waals surface area (Å²) in [6.07, 6.45) is 6.01. The van der Waals surface area contributed by atoms with Crippen molar-refractivity contribution in [1.29, 1.82) is 0 Å². The van der Waals surface area contributed by atoms with Crippen molar-refractivity contribution in [2.45, 2.75) is 38.1 Å². The van der Waals surface area contributed by atoms with Crippen molar-refractivity contribution < 1.29 is 9.53 Å². The van der Waals surface area contributed by atoms with E-state index in [1.165, 1.54) is 26.4 Å². The minimum atomic E-state index is -0.149.